The van der Waals surface area contributed by atoms with E-state index >= 15 is 0 Å². The normalized spacial score (nSPS) is 11.6. The number of benzene rings is 1. The maximum absolute atomic E-state index is 12.4. The minimum absolute atomic E-state index is 0.153. The maximum Gasteiger partial charge on any atom is 0.271 e. The predicted molar refractivity (Wildman–Crippen MR) is 89.3 cm³/mol. The summed E-state index contributed by atoms with van der Waals surface area (Å²) in [6.07, 6.45) is 0. The number of aromatic nitrogens is 2. The monoisotopic (exact) mass is 369 g/mol. The summed E-state index contributed by atoms with van der Waals surface area (Å²) >= 11 is 7.09. The van der Waals surface area contributed by atoms with Gasteiger partial charge in [-0.15, -0.1) is 21.5 Å². The lowest BCUT2D eigenvalue weighted by molar-refractivity contribution is 0.533. The molecule has 2 aromatic heterocycles. The van der Waals surface area contributed by atoms with Crippen molar-refractivity contribution in [2.24, 2.45) is 0 Å². The second-order valence-corrected chi connectivity index (χ2v) is 8.08. The van der Waals surface area contributed by atoms with Crippen molar-refractivity contribution in [2.75, 3.05) is 4.72 Å². The lowest BCUT2D eigenvalue weighted by Crippen LogP contribution is -2.11. The second-order valence-electron chi connectivity index (χ2n) is 4.85. The fraction of sp³-hybridized carbons (Fsp3) is 0.143. The molecule has 1 aromatic carbocycles. The number of rotatable bonds is 4. The van der Waals surface area contributed by atoms with Crippen LogP contribution >= 0.6 is 22.9 Å². The average molecular weight is 370 g/mol. The molecule has 1 N–H and O–H groups in total. The second kappa shape index (κ2) is 5.95. The van der Waals surface area contributed by atoms with Gasteiger partial charge in [-0.05, 0) is 30.7 Å². The number of aryl methyl sites for hydroxylation is 2. The van der Waals surface area contributed by atoms with Crippen LogP contribution in [0.25, 0.3) is 11.5 Å². The summed E-state index contributed by atoms with van der Waals surface area (Å²) in [5, 5.41) is 9.76. The summed E-state index contributed by atoms with van der Waals surface area (Å²) in [7, 11) is -3.70. The molecule has 0 aliphatic heterocycles. The van der Waals surface area contributed by atoms with Crippen LogP contribution in [0.15, 0.2) is 38.3 Å². The molecule has 23 heavy (non-hydrogen) atoms. The molecule has 0 amide bonds. The van der Waals surface area contributed by atoms with Crippen LogP contribution in [0.2, 0.25) is 5.02 Å². The van der Waals surface area contributed by atoms with Crippen LogP contribution in [-0.2, 0) is 10.0 Å². The van der Waals surface area contributed by atoms with Gasteiger partial charge in [0.2, 0.25) is 11.8 Å². The minimum Gasteiger partial charge on any atom is -0.421 e. The summed E-state index contributed by atoms with van der Waals surface area (Å²) in [6, 6.07) is 6.48. The van der Waals surface area contributed by atoms with Crippen LogP contribution in [0.1, 0.15) is 11.5 Å². The number of hydrogen-bond acceptors (Lipinski definition) is 6. The Kier molecular flexibility index (Phi) is 4.13. The Bertz CT molecular complexity index is 963. The summed E-state index contributed by atoms with van der Waals surface area (Å²) in [5.41, 5.74) is 1.85. The van der Waals surface area contributed by atoms with Gasteiger partial charge in [-0.2, -0.15) is 0 Å². The Hall–Kier alpha value is -1.90. The van der Waals surface area contributed by atoms with E-state index in [1.54, 1.807) is 30.5 Å². The minimum atomic E-state index is -3.70. The highest BCUT2D eigenvalue weighted by molar-refractivity contribution is 7.94. The zero-order valence-electron chi connectivity index (χ0n) is 12.2. The van der Waals surface area contributed by atoms with E-state index in [0.717, 1.165) is 16.9 Å². The molecule has 3 aromatic rings. The van der Waals surface area contributed by atoms with E-state index in [1.807, 2.05) is 6.92 Å². The summed E-state index contributed by atoms with van der Waals surface area (Å²) in [6.45, 7) is 3.52. The molecular formula is C14H12ClN3O3S2. The third kappa shape index (κ3) is 3.39. The number of hydrogen-bond donors (Lipinski definition) is 1. The van der Waals surface area contributed by atoms with E-state index in [9.17, 15) is 8.42 Å². The molecule has 0 aliphatic carbocycles. The third-order valence-corrected chi connectivity index (χ3v) is 6.27. The predicted octanol–water partition coefficient (Wildman–Crippen LogP) is 3.87. The summed E-state index contributed by atoms with van der Waals surface area (Å²) in [5.74, 6) is 0.710. The zero-order valence-corrected chi connectivity index (χ0v) is 14.6. The molecule has 9 heteroatoms. The number of nitrogens with one attached hydrogen (secondary N) is 1. The SMILES string of the molecule is Cc1nnc(-c2csc(S(=O)(=O)Nc3ccc(C)c(Cl)c3)c2)o1. The van der Waals surface area contributed by atoms with Gasteiger partial charge in [0.1, 0.15) is 4.21 Å². The van der Waals surface area contributed by atoms with Crippen LogP contribution in [0, 0.1) is 13.8 Å². The molecular weight excluding hydrogens is 358 g/mol. The number of sulfonamides is 1. The van der Waals surface area contributed by atoms with E-state index in [1.165, 1.54) is 6.07 Å². The van der Waals surface area contributed by atoms with Gasteiger partial charge in [-0.1, -0.05) is 17.7 Å². The van der Waals surface area contributed by atoms with Crippen molar-refractivity contribution in [2.45, 2.75) is 18.1 Å². The number of thiophene rings is 1. The molecule has 2 heterocycles. The van der Waals surface area contributed by atoms with Crippen molar-refractivity contribution in [1.82, 2.24) is 10.2 Å². The first-order chi connectivity index (χ1) is 10.8. The lowest BCUT2D eigenvalue weighted by atomic mass is 10.2. The first-order valence-corrected chi connectivity index (χ1v) is 9.27. The van der Waals surface area contributed by atoms with Crippen LogP contribution < -0.4 is 4.72 Å². The van der Waals surface area contributed by atoms with Crippen molar-refractivity contribution < 1.29 is 12.8 Å². The first-order valence-electron chi connectivity index (χ1n) is 6.53. The van der Waals surface area contributed by atoms with Crippen molar-refractivity contribution in [1.29, 1.82) is 0 Å². The van der Waals surface area contributed by atoms with Gasteiger partial charge in [-0.3, -0.25) is 4.72 Å². The molecule has 0 spiro atoms. The molecule has 6 nitrogen and oxygen atoms in total. The number of halogens is 1. The van der Waals surface area contributed by atoms with Crippen molar-refractivity contribution in [3.63, 3.8) is 0 Å². The highest BCUT2D eigenvalue weighted by Crippen LogP contribution is 2.29. The van der Waals surface area contributed by atoms with Gasteiger partial charge in [0.25, 0.3) is 10.0 Å². The van der Waals surface area contributed by atoms with E-state index in [0.29, 0.717) is 28.1 Å². The highest BCUT2D eigenvalue weighted by Gasteiger charge is 2.19. The number of nitrogens with zero attached hydrogens (tertiary/aromatic N) is 2. The van der Waals surface area contributed by atoms with E-state index < -0.39 is 10.0 Å². The van der Waals surface area contributed by atoms with E-state index in [-0.39, 0.29) is 4.21 Å². The fourth-order valence-electron chi connectivity index (χ4n) is 1.84. The number of anilines is 1. The van der Waals surface area contributed by atoms with Gasteiger partial charge in [0.15, 0.2) is 0 Å². The largest absolute Gasteiger partial charge is 0.421 e. The first kappa shape index (κ1) is 16.0. The fourth-order valence-corrected chi connectivity index (χ4v) is 4.23. The Morgan fingerprint density at radius 2 is 2.00 bits per heavy atom. The van der Waals surface area contributed by atoms with Gasteiger partial charge >= 0.3 is 0 Å². The van der Waals surface area contributed by atoms with Gasteiger partial charge in [0.05, 0.1) is 11.3 Å². The smallest absolute Gasteiger partial charge is 0.271 e. The lowest BCUT2D eigenvalue weighted by Gasteiger charge is -2.07. The molecule has 0 fully saturated rings. The average Bonchev–Trinajstić information content (AvgIpc) is 3.11. The Labute approximate surface area is 142 Å². The zero-order chi connectivity index (χ0) is 16.6. The summed E-state index contributed by atoms with van der Waals surface area (Å²) < 4.78 is 32.8. The third-order valence-electron chi connectivity index (χ3n) is 3.04. The Morgan fingerprint density at radius 1 is 1.22 bits per heavy atom. The van der Waals surface area contributed by atoms with Gasteiger partial charge < -0.3 is 4.42 Å². The van der Waals surface area contributed by atoms with Crippen LogP contribution in [-0.4, -0.2) is 18.6 Å². The van der Waals surface area contributed by atoms with Crippen LogP contribution in [0.5, 0.6) is 0 Å². The Morgan fingerprint density at radius 3 is 2.65 bits per heavy atom. The highest BCUT2D eigenvalue weighted by atomic mass is 35.5. The molecule has 120 valence electrons. The Balaban J connectivity index is 1.88. The molecule has 0 radical (unpaired) electrons. The van der Waals surface area contributed by atoms with Crippen molar-refractivity contribution in [3.05, 3.63) is 46.1 Å². The molecule has 0 saturated carbocycles. The quantitative estimate of drug-likeness (QED) is 0.754. The molecule has 0 saturated heterocycles. The topological polar surface area (TPSA) is 85.1 Å². The molecule has 0 atom stereocenters. The molecule has 0 aliphatic rings. The molecule has 3 rings (SSSR count). The van der Waals surface area contributed by atoms with E-state index in [4.69, 9.17) is 16.0 Å². The molecule has 0 unspecified atom stereocenters. The van der Waals surface area contributed by atoms with Crippen molar-refractivity contribution in [3.8, 4) is 11.5 Å². The standard InChI is InChI=1S/C14H12ClN3O3S2/c1-8-3-4-11(6-12(8)15)18-23(19,20)13-5-10(7-22-13)14-17-16-9(2)21-14/h3-7,18H,1-2H3. The van der Waals surface area contributed by atoms with E-state index in [2.05, 4.69) is 14.9 Å². The molecule has 0 bridgehead atoms. The summed E-state index contributed by atoms with van der Waals surface area (Å²) in [4.78, 5) is 0. The van der Waals surface area contributed by atoms with Gasteiger partial charge in [0, 0.05) is 17.3 Å². The van der Waals surface area contributed by atoms with Gasteiger partial charge in [-0.25, -0.2) is 8.42 Å². The van der Waals surface area contributed by atoms with Crippen LogP contribution in [0.3, 0.4) is 0 Å². The maximum atomic E-state index is 12.4. The van der Waals surface area contributed by atoms with Crippen LogP contribution in [0.4, 0.5) is 5.69 Å². The van der Waals surface area contributed by atoms with Crippen molar-refractivity contribution >= 4 is 38.6 Å².